The van der Waals surface area contributed by atoms with Gasteiger partial charge in [0, 0.05) is 5.88 Å². The van der Waals surface area contributed by atoms with Crippen LogP contribution in [0.2, 0.25) is 0 Å². The molecule has 0 amide bonds. The number of unbranched alkanes of at least 4 members (excludes halogenated alkanes) is 2. The van der Waals surface area contributed by atoms with Gasteiger partial charge in [-0.05, 0) is 67.3 Å². The molecule has 3 rings (SSSR count). The molecule has 0 aromatic heterocycles. The Morgan fingerprint density at radius 2 is 1.19 bits per heavy atom. The van der Waals surface area contributed by atoms with Crippen molar-refractivity contribution in [3.63, 3.8) is 0 Å². The Labute approximate surface area is 192 Å². The van der Waals surface area contributed by atoms with E-state index in [1.54, 1.807) is 0 Å². The first-order chi connectivity index (χ1) is 15.3. The van der Waals surface area contributed by atoms with Crippen molar-refractivity contribution in [2.75, 3.05) is 12.5 Å². The molecule has 0 spiro atoms. The summed E-state index contributed by atoms with van der Waals surface area (Å²) in [6.45, 7) is 0.741. The lowest BCUT2D eigenvalue weighted by Crippen LogP contribution is -1.98. The summed E-state index contributed by atoms with van der Waals surface area (Å²) in [5.74, 6) is 1.67. The van der Waals surface area contributed by atoms with Gasteiger partial charge in [0.05, 0.1) is 19.1 Å². The van der Waals surface area contributed by atoms with Gasteiger partial charge in [0.25, 0.3) is 0 Å². The van der Waals surface area contributed by atoms with Crippen molar-refractivity contribution in [1.82, 2.24) is 0 Å². The summed E-state index contributed by atoms with van der Waals surface area (Å²) in [6, 6.07) is 31.0. The van der Waals surface area contributed by atoms with E-state index in [1.165, 1.54) is 17.5 Å². The molecule has 0 atom stereocenters. The Morgan fingerprint density at radius 1 is 0.645 bits per heavy atom. The molecule has 0 radical (unpaired) electrons. The largest absolute Gasteiger partial charge is 0.494 e. The van der Waals surface area contributed by atoms with Gasteiger partial charge in [-0.2, -0.15) is 5.26 Å². The molecular weight excluding hydrogens is 402 g/mol. The van der Waals surface area contributed by atoms with Crippen molar-refractivity contribution in [2.24, 2.45) is 0 Å². The average Bonchev–Trinajstić information content (AvgIpc) is 2.82. The minimum atomic E-state index is 0.456. The molecule has 3 aromatic rings. The molecule has 31 heavy (non-hydrogen) atoms. The van der Waals surface area contributed by atoms with Crippen LogP contribution in [0.15, 0.2) is 84.9 Å². The van der Waals surface area contributed by atoms with E-state index in [2.05, 4.69) is 54.6 Å². The minimum absolute atomic E-state index is 0.456. The normalized spacial score (nSPS) is 9.94. The summed E-state index contributed by atoms with van der Waals surface area (Å²) in [7, 11) is 0. The summed E-state index contributed by atoms with van der Waals surface area (Å²) < 4.78 is 5.69. The highest BCUT2D eigenvalue weighted by molar-refractivity contribution is 6.17. The van der Waals surface area contributed by atoms with Gasteiger partial charge in [-0.3, -0.25) is 0 Å². The molecule has 0 unspecified atom stereocenters. The molecule has 0 aliphatic heterocycles. The minimum Gasteiger partial charge on any atom is -0.494 e. The third-order valence-corrected chi connectivity index (χ3v) is 5.14. The number of benzene rings is 3. The van der Waals surface area contributed by atoms with E-state index in [1.807, 2.05) is 36.4 Å². The molecule has 3 heteroatoms. The van der Waals surface area contributed by atoms with E-state index >= 15 is 0 Å². The van der Waals surface area contributed by atoms with Gasteiger partial charge < -0.3 is 4.74 Å². The summed E-state index contributed by atoms with van der Waals surface area (Å²) in [4.78, 5) is 0. The predicted molar refractivity (Wildman–Crippen MR) is 131 cm³/mol. The van der Waals surface area contributed by atoms with Crippen LogP contribution >= 0.6 is 11.6 Å². The average molecular weight is 434 g/mol. The van der Waals surface area contributed by atoms with Crippen LogP contribution in [0, 0.1) is 11.3 Å². The van der Waals surface area contributed by atoms with E-state index in [-0.39, 0.29) is 0 Å². The highest BCUT2D eigenvalue weighted by Crippen LogP contribution is 2.13. The molecule has 0 fully saturated rings. The maximum atomic E-state index is 8.60. The second-order valence-corrected chi connectivity index (χ2v) is 7.78. The molecule has 0 N–H and O–H groups in total. The number of aryl methyl sites for hydroxylation is 2. The fourth-order valence-corrected chi connectivity index (χ4v) is 3.32. The number of rotatable bonds is 11. The Balaban J connectivity index is 0.000000262. The van der Waals surface area contributed by atoms with Gasteiger partial charge in [-0.15, -0.1) is 11.6 Å². The van der Waals surface area contributed by atoms with E-state index < -0.39 is 0 Å². The van der Waals surface area contributed by atoms with Crippen molar-refractivity contribution in [3.8, 4) is 11.8 Å². The number of ether oxygens (including phenoxy) is 1. The smallest absolute Gasteiger partial charge is 0.119 e. The first-order valence-electron chi connectivity index (χ1n) is 11.0. The first-order valence-corrected chi connectivity index (χ1v) is 11.6. The highest BCUT2D eigenvalue weighted by Gasteiger charge is 1.97. The maximum absolute atomic E-state index is 8.60. The first kappa shape index (κ1) is 24.5. The van der Waals surface area contributed by atoms with Crippen molar-refractivity contribution in [2.45, 2.75) is 44.9 Å². The van der Waals surface area contributed by atoms with Gasteiger partial charge in [0.15, 0.2) is 0 Å². The SMILES string of the molecule is ClCCCCc1ccccc1.N#CCc1ccc(OCCCCc2ccccc2)cc1. The zero-order valence-electron chi connectivity index (χ0n) is 18.2. The molecule has 3 aromatic carbocycles. The molecular formula is C28H32ClNO. The second-order valence-electron chi connectivity index (χ2n) is 7.40. The number of halogens is 1. The Bertz CT molecular complexity index is 857. The summed E-state index contributed by atoms with van der Waals surface area (Å²) in [6.07, 6.45) is 7.23. The lowest BCUT2D eigenvalue weighted by molar-refractivity contribution is 0.307. The third kappa shape index (κ3) is 11.3. The van der Waals surface area contributed by atoms with Crippen LogP contribution in [-0.4, -0.2) is 12.5 Å². The molecule has 0 heterocycles. The van der Waals surface area contributed by atoms with Crippen LogP contribution < -0.4 is 4.74 Å². The van der Waals surface area contributed by atoms with E-state index in [9.17, 15) is 0 Å². The predicted octanol–water partition coefficient (Wildman–Crippen LogP) is 7.40. The monoisotopic (exact) mass is 433 g/mol. The fraction of sp³-hybridized carbons (Fsp3) is 0.321. The topological polar surface area (TPSA) is 33.0 Å². The van der Waals surface area contributed by atoms with Gasteiger partial charge in [0.2, 0.25) is 0 Å². The molecule has 162 valence electrons. The Morgan fingerprint density at radius 3 is 1.71 bits per heavy atom. The van der Waals surface area contributed by atoms with E-state index in [0.29, 0.717) is 6.42 Å². The number of nitriles is 1. The van der Waals surface area contributed by atoms with E-state index in [4.69, 9.17) is 21.6 Å². The lowest BCUT2D eigenvalue weighted by atomic mass is 10.1. The summed E-state index contributed by atoms with van der Waals surface area (Å²) in [5.41, 5.74) is 3.83. The Kier molecular flexibility index (Phi) is 12.6. The van der Waals surface area contributed by atoms with Gasteiger partial charge in [-0.25, -0.2) is 0 Å². The molecule has 0 saturated carbocycles. The van der Waals surface area contributed by atoms with Crippen LogP contribution in [-0.2, 0) is 19.3 Å². The van der Waals surface area contributed by atoms with Gasteiger partial charge >= 0.3 is 0 Å². The van der Waals surface area contributed by atoms with Crippen molar-refractivity contribution < 1.29 is 4.74 Å². The van der Waals surface area contributed by atoms with Crippen LogP contribution in [0.5, 0.6) is 5.75 Å². The molecule has 0 saturated heterocycles. The Hall–Kier alpha value is -2.76. The second kappa shape index (κ2) is 16.0. The van der Waals surface area contributed by atoms with Crippen molar-refractivity contribution in [1.29, 1.82) is 5.26 Å². The molecule has 0 aliphatic carbocycles. The fourth-order valence-electron chi connectivity index (χ4n) is 3.13. The summed E-state index contributed by atoms with van der Waals surface area (Å²) in [5, 5.41) is 8.60. The van der Waals surface area contributed by atoms with Crippen LogP contribution in [0.1, 0.15) is 42.4 Å². The quantitative estimate of drug-likeness (QED) is 0.233. The zero-order chi connectivity index (χ0) is 22.0. The molecule has 2 nitrogen and oxygen atoms in total. The summed E-state index contributed by atoms with van der Waals surface area (Å²) >= 11 is 5.57. The van der Waals surface area contributed by atoms with Crippen molar-refractivity contribution >= 4 is 11.6 Å². The maximum Gasteiger partial charge on any atom is 0.119 e. The van der Waals surface area contributed by atoms with Gasteiger partial charge in [-0.1, -0.05) is 72.8 Å². The van der Waals surface area contributed by atoms with E-state index in [0.717, 1.165) is 55.9 Å². The highest BCUT2D eigenvalue weighted by atomic mass is 35.5. The van der Waals surface area contributed by atoms with Gasteiger partial charge in [0.1, 0.15) is 5.75 Å². The standard InChI is InChI=1S/C18H19NO.C10H13Cl/c19-14-13-17-9-11-18(12-10-17)20-15-5-4-8-16-6-2-1-3-7-16;11-9-5-4-8-10-6-2-1-3-7-10/h1-3,6-7,9-12H,4-5,8,13,15H2;1-3,6-7H,4-5,8-9H2. The third-order valence-electron chi connectivity index (χ3n) is 4.87. The number of nitrogens with zero attached hydrogens (tertiary/aromatic N) is 1. The van der Waals surface area contributed by atoms with Crippen molar-refractivity contribution in [3.05, 3.63) is 102 Å². The molecule has 0 bridgehead atoms. The zero-order valence-corrected chi connectivity index (χ0v) is 18.9. The number of alkyl halides is 1. The molecule has 0 aliphatic rings. The lowest BCUT2D eigenvalue weighted by Gasteiger charge is -2.06. The van der Waals surface area contributed by atoms with Crippen LogP contribution in [0.25, 0.3) is 0 Å². The van der Waals surface area contributed by atoms with Crippen LogP contribution in [0.4, 0.5) is 0 Å². The van der Waals surface area contributed by atoms with Crippen LogP contribution in [0.3, 0.4) is 0 Å². The number of hydrogen-bond acceptors (Lipinski definition) is 2. The number of hydrogen-bond donors (Lipinski definition) is 0.